The Kier molecular flexibility index (Phi) is 9.69. The number of Topliss-reactive ketones (excluding diaryl/α,β-unsaturated/α-hetero) is 1. The summed E-state index contributed by atoms with van der Waals surface area (Å²) in [5.74, 6) is -2.23. The van der Waals surface area contributed by atoms with Crippen LogP contribution in [0.5, 0.6) is 0 Å². The average molecular weight is 589 g/mol. The number of ketones is 1. The van der Waals surface area contributed by atoms with E-state index in [1.165, 1.54) is 6.08 Å². The highest BCUT2D eigenvalue weighted by Crippen LogP contribution is 2.65. The lowest BCUT2D eigenvalue weighted by molar-refractivity contribution is -0.148. The molecule has 0 aromatic carbocycles. The van der Waals surface area contributed by atoms with Gasteiger partial charge in [-0.05, 0) is 69.1 Å². The third-order valence-electron chi connectivity index (χ3n) is 9.31. The largest absolute Gasteiger partial charge is 0.444 e. The fourth-order valence-electron chi connectivity index (χ4n) is 6.83. The first-order valence-electron chi connectivity index (χ1n) is 15.4. The molecule has 0 bridgehead atoms. The number of amides is 4. The third kappa shape index (κ3) is 7.51. The highest BCUT2D eigenvalue weighted by molar-refractivity contribution is 6.38. The first kappa shape index (κ1) is 32.0. The summed E-state index contributed by atoms with van der Waals surface area (Å²) in [5.41, 5.74) is 1.24. The Morgan fingerprint density at radius 3 is 2.29 bits per heavy atom. The van der Waals surface area contributed by atoms with E-state index in [1.54, 1.807) is 25.7 Å². The van der Waals surface area contributed by atoms with Gasteiger partial charge in [0.1, 0.15) is 17.7 Å². The van der Waals surface area contributed by atoms with E-state index in [0.29, 0.717) is 13.0 Å². The van der Waals surface area contributed by atoms with Crippen LogP contribution in [0.25, 0.3) is 0 Å². The number of nitrogens with one attached hydrogen (secondary N) is 3. The molecule has 0 aromatic heterocycles. The van der Waals surface area contributed by atoms with Crippen LogP contribution in [0.4, 0.5) is 4.79 Å². The van der Waals surface area contributed by atoms with E-state index in [9.17, 15) is 24.0 Å². The second kappa shape index (κ2) is 12.7. The Labute approximate surface area is 248 Å². The molecule has 1 heterocycles. The summed E-state index contributed by atoms with van der Waals surface area (Å²) in [6.45, 7) is 13.4. The minimum atomic E-state index is -1.02. The predicted octanol–water partition coefficient (Wildman–Crippen LogP) is 3.03. The van der Waals surface area contributed by atoms with Crippen LogP contribution in [0.1, 0.15) is 86.0 Å². The monoisotopic (exact) mass is 588 g/mol. The van der Waals surface area contributed by atoms with Gasteiger partial charge in [-0.2, -0.15) is 0 Å². The Hall–Kier alpha value is -2.95. The number of alkyl carbamates (subject to hydrolysis) is 1. The maximum absolute atomic E-state index is 14.2. The lowest BCUT2D eigenvalue weighted by Gasteiger charge is -2.37. The van der Waals surface area contributed by atoms with E-state index in [0.717, 1.165) is 44.9 Å². The molecule has 5 atom stereocenters. The molecule has 1 saturated heterocycles. The van der Waals surface area contributed by atoms with Crippen molar-refractivity contribution in [2.75, 3.05) is 13.2 Å². The summed E-state index contributed by atoms with van der Waals surface area (Å²) in [7, 11) is 0. The fourth-order valence-corrected chi connectivity index (χ4v) is 6.83. The molecule has 4 rings (SSSR count). The van der Waals surface area contributed by atoms with Gasteiger partial charge in [0.25, 0.3) is 0 Å². The Balaban J connectivity index is 1.53. The second-order valence-corrected chi connectivity index (χ2v) is 14.0. The minimum absolute atomic E-state index is 0.0372. The van der Waals surface area contributed by atoms with E-state index in [-0.39, 0.29) is 41.6 Å². The number of carbonyl (C=O) groups is 5. The highest BCUT2D eigenvalue weighted by Gasteiger charge is 2.69. The second-order valence-electron chi connectivity index (χ2n) is 14.0. The smallest absolute Gasteiger partial charge is 0.408 e. The number of rotatable bonds is 12. The molecule has 4 amide bonds. The lowest BCUT2D eigenvalue weighted by Crippen LogP contribution is -2.60. The number of ether oxygens (including phenoxy) is 1. The van der Waals surface area contributed by atoms with Crippen molar-refractivity contribution in [3.05, 3.63) is 12.7 Å². The molecular weight excluding hydrogens is 540 g/mol. The van der Waals surface area contributed by atoms with Crippen molar-refractivity contribution in [3.8, 4) is 0 Å². The zero-order valence-electron chi connectivity index (χ0n) is 25.7. The molecule has 11 heteroatoms. The van der Waals surface area contributed by atoms with E-state index in [1.807, 2.05) is 0 Å². The summed E-state index contributed by atoms with van der Waals surface area (Å²) in [6, 6.07) is -2.64. The van der Waals surface area contributed by atoms with Gasteiger partial charge in [0.05, 0.1) is 12.6 Å². The van der Waals surface area contributed by atoms with Crippen molar-refractivity contribution in [2.24, 2.45) is 29.1 Å². The standard InChI is InChI=1S/C31H48N4O7/c1-7-15-41-34-27(38)25(36)21(16-18-13-14-18)32-26(37)24-22-20(31(22,5)6)17-35(24)28(39)23(19-11-9-8-10-12-19)33-29(40)42-30(2,3)4/h7,18-24H,1,8-17H2,2-6H3,(H,32,37)(H,33,40)(H,34,38)/t20-,21?,22-,23-,24-/m0/s1. The fraction of sp³-hybridized carbons (Fsp3) is 0.774. The molecule has 0 aromatic rings. The van der Waals surface area contributed by atoms with E-state index < -0.39 is 47.4 Å². The molecule has 3 N–H and O–H groups in total. The molecule has 234 valence electrons. The van der Waals surface area contributed by atoms with Gasteiger partial charge < -0.3 is 20.3 Å². The summed E-state index contributed by atoms with van der Waals surface area (Å²) in [6.07, 6.45) is 7.61. The van der Waals surface area contributed by atoms with Gasteiger partial charge in [-0.1, -0.05) is 52.0 Å². The van der Waals surface area contributed by atoms with Crippen molar-refractivity contribution in [1.29, 1.82) is 0 Å². The zero-order chi connectivity index (χ0) is 30.8. The third-order valence-corrected chi connectivity index (χ3v) is 9.31. The minimum Gasteiger partial charge on any atom is -0.444 e. The van der Waals surface area contributed by atoms with Gasteiger partial charge >= 0.3 is 12.0 Å². The van der Waals surface area contributed by atoms with Crippen molar-refractivity contribution in [3.63, 3.8) is 0 Å². The van der Waals surface area contributed by atoms with E-state index in [4.69, 9.17) is 9.57 Å². The number of fused-ring (bicyclic) bond motifs is 1. The summed E-state index contributed by atoms with van der Waals surface area (Å²) >= 11 is 0. The van der Waals surface area contributed by atoms with Gasteiger partial charge in [-0.15, -0.1) is 6.58 Å². The molecule has 4 aliphatic rings. The van der Waals surface area contributed by atoms with Crippen LogP contribution in [-0.4, -0.2) is 71.4 Å². The number of piperidine rings is 1. The molecule has 0 radical (unpaired) electrons. The van der Waals surface area contributed by atoms with Gasteiger partial charge in [-0.25, -0.2) is 10.3 Å². The SMILES string of the molecule is C=CCONC(=O)C(=O)C(CC1CC1)NC(=O)[C@@H]1[C@@H]2[C@H](CN1C(=O)[C@@H](NC(=O)OC(C)(C)C)C1CCCCC1)C2(C)C. The molecule has 42 heavy (non-hydrogen) atoms. The molecule has 1 unspecified atom stereocenters. The first-order chi connectivity index (χ1) is 19.7. The van der Waals surface area contributed by atoms with Gasteiger partial charge in [-0.3, -0.25) is 24.0 Å². The first-order valence-corrected chi connectivity index (χ1v) is 15.4. The van der Waals surface area contributed by atoms with Gasteiger partial charge in [0, 0.05) is 6.54 Å². The molecule has 1 aliphatic heterocycles. The van der Waals surface area contributed by atoms with Crippen molar-refractivity contribution in [2.45, 2.75) is 110 Å². The highest BCUT2D eigenvalue weighted by atomic mass is 16.6. The van der Waals surface area contributed by atoms with Crippen LogP contribution >= 0.6 is 0 Å². The van der Waals surface area contributed by atoms with Crippen molar-refractivity contribution in [1.82, 2.24) is 21.0 Å². The van der Waals surface area contributed by atoms with Crippen LogP contribution in [0.2, 0.25) is 0 Å². The number of hydrogen-bond acceptors (Lipinski definition) is 7. The maximum atomic E-state index is 14.2. The molecule has 4 fully saturated rings. The quantitative estimate of drug-likeness (QED) is 0.138. The number of likely N-dealkylation sites (tertiary alicyclic amines) is 1. The molecule has 0 spiro atoms. The van der Waals surface area contributed by atoms with Crippen LogP contribution in [0.15, 0.2) is 12.7 Å². The van der Waals surface area contributed by atoms with Crippen LogP contribution in [0, 0.1) is 29.1 Å². The lowest BCUT2D eigenvalue weighted by atomic mass is 9.83. The molecule has 3 saturated carbocycles. The van der Waals surface area contributed by atoms with Crippen LogP contribution < -0.4 is 16.1 Å². The average Bonchev–Trinajstić information content (AvgIpc) is 3.77. The summed E-state index contributed by atoms with van der Waals surface area (Å²) < 4.78 is 5.50. The van der Waals surface area contributed by atoms with Crippen molar-refractivity contribution >= 4 is 29.6 Å². The van der Waals surface area contributed by atoms with Crippen LogP contribution in [-0.2, 0) is 28.8 Å². The Morgan fingerprint density at radius 1 is 1.02 bits per heavy atom. The number of carbonyl (C=O) groups excluding carboxylic acids is 5. The van der Waals surface area contributed by atoms with Crippen molar-refractivity contribution < 1.29 is 33.5 Å². The van der Waals surface area contributed by atoms with Crippen LogP contribution in [0.3, 0.4) is 0 Å². The Morgan fingerprint density at radius 2 is 1.69 bits per heavy atom. The van der Waals surface area contributed by atoms with E-state index in [2.05, 4.69) is 36.5 Å². The maximum Gasteiger partial charge on any atom is 0.408 e. The molecule has 11 nitrogen and oxygen atoms in total. The number of nitrogens with zero attached hydrogens (tertiary/aromatic N) is 1. The topological polar surface area (TPSA) is 143 Å². The predicted molar refractivity (Wildman–Crippen MR) is 155 cm³/mol. The van der Waals surface area contributed by atoms with Gasteiger partial charge in [0.2, 0.25) is 17.6 Å². The summed E-state index contributed by atoms with van der Waals surface area (Å²) in [5, 5.41) is 5.69. The number of hydroxylamine groups is 1. The summed E-state index contributed by atoms with van der Waals surface area (Å²) in [4.78, 5) is 73.1. The molecule has 3 aliphatic carbocycles. The zero-order valence-corrected chi connectivity index (χ0v) is 25.7. The van der Waals surface area contributed by atoms with E-state index >= 15 is 0 Å². The molecular formula is C31H48N4O7. The Bertz CT molecular complexity index is 1070. The normalized spacial score (nSPS) is 26.3. The number of hydrogen-bond donors (Lipinski definition) is 3. The van der Waals surface area contributed by atoms with Gasteiger partial charge in [0.15, 0.2) is 0 Å².